The van der Waals surface area contributed by atoms with Crippen molar-refractivity contribution < 1.29 is 9.53 Å². The van der Waals surface area contributed by atoms with Crippen LogP contribution in [0.2, 0.25) is 0 Å². The monoisotopic (exact) mass is 392 g/mol. The van der Waals surface area contributed by atoms with E-state index in [2.05, 4.69) is 15.6 Å². The third kappa shape index (κ3) is 4.18. The minimum absolute atomic E-state index is 0.168. The summed E-state index contributed by atoms with van der Waals surface area (Å²) in [6.45, 7) is 6.15. The molecule has 1 N–H and O–H groups in total. The molecule has 0 spiro atoms. The van der Waals surface area contributed by atoms with Gasteiger partial charge in [0.2, 0.25) is 0 Å². The highest BCUT2D eigenvalue weighted by molar-refractivity contribution is 6.06. The average molecular weight is 392 g/mol. The van der Waals surface area contributed by atoms with Crippen LogP contribution in [0.5, 0.6) is 5.75 Å². The van der Waals surface area contributed by atoms with E-state index in [1.54, 1.807) is 38.3 Å². The number of hydrazone groups is 1. The summed E-state index contributed by atoms with van der Waals surface area (Å²) in [7, 11) is 1.59. The lowest BCUT2D eigenvalue weighted by atomic mass is 10.1. The number of aromatic nitrogens is 2. The molecule has 0 aliphatic heterocycles. The Morgan fingerprint density at radius 1 is 1.21 bits per heavy atom. The molecule has 0 radical (unpaired) electrons. The Balaban J connectivity index is 1.98. The summed E-state index contributed by atoms with van der Waals surface area (Å²) in [5.41, 5.74) is 4.98. The van der Waals surface area contributed by atoms with Gasteiger partial charge in [0, 0.05) is 17.5 Å². The molecule has 0 fully saturated rings. The Labute approximate surface area is 169 Å². The van der Waals surface area contributed by atoms with Crippen molar-refractivity contribution in [3.8, 4) is 5.75 Å². The van der Waals surface area contributed by atoms with Gasteiger partial charge in [0.15, 0.2) is 5.69 Å². The summed E-state index contributed by atoms with van der Waals surface area (Å²) in [5.74, 6) is 0.197. The van der Waals surface area contributed by atoms with E-state index < -0.39 is 5.91 Å². The Hall–Kier alpha value is -3.48. The Bertz CT molecular complexity index is 1150. The number of nitrogens with one attached hydrogen (secondary N) is 1. The van der Waals surface area contributed by atoms with Crippen molar-refractivity contribution in [2.45, 2.75) is 33.7 Å². The van der Waals surface area contributed by atoms with Gasteiger partial charge in [-0.2, -0.15) is 10.2 Å². The molecule has 7 nitrogen and oxygen atoms in total. The van der Waals surface area contributed by atoms with E-state index >= 15 is 0 Å². The zero-order valence-corrected chi connectivity index (χ0v) is 17.0. The van der Waals surface area contributed by atoms with E-state index in [-0.39, 0.29) is 11.3 Å². The fourth-order valence-corrected chi connectivity index (χ4v) is 3.12. The quantitative estimate of drug-likeness (QED) is 0.515. The first-order chi connectivity index (χ1) is 14.0. The first-order valence-corrected chi connectivity index (χ1v) is 9.45. The van der Waals surface area contributed by atoms with Crippen molar-refractivity contribution >= 4 is 22.4 Å². The normalized spacial score (nSPS) is 11.5. The fraction of sp³-hybridized carbons (Fsp3) is 0.273. The lowest BCUT2D eigenvalue weighted by Crippen LogP contribution is -2.29. The zero-order chi connectivity index (χ0) is 21.0. The van der Waals surface area contributed by atoms with Crippen molar-refractivity contribution in [1.29, 1.82) is 0 Å². The Morgan fingerprint density at radius 2 is 1.93 bits per heavy atom. The van der Waals surface area contributed by atoms with Crippen LogP contribution in [0.1, 0.15) is 41.9 Å². The van der Waals surface area contributed by atoms with Gasteiger partial charge in [0.1, 0.15) is 5.75 Å². The third-order valence-electron chi connectivity index (χ3n) is 4.59. The topological polar surface area (TPSA) is 85.6 Å². The molecule has 1 amide bonds. The lowest BCUT2D eigenvalue weighted by molar-refractivity contribution is 0.0949. The Morgan fingerprint density at radius 3 is 2.62 bits per heavy atom. The summed E-state index contributed by atoms with van der Waals surface area (Å²) in [4.78, 5) is 25.4. The first-order valence-electron chi connectivity index (χ1n) is 9.45. The molecule has 1 heterocycles. The van der Waals surface area contributed by atoms with Gasteiger partial charge < -0.3 is 4.74 Å². The van der Waals surface area contributed by atoms with Crippen LogP contribution < -0.4 is 15.7 Å². The minimum Gasteiger partial charge on any atom is -0.496 e. The van der Waals surface area contributed by atoms with Crippen LogP contribution in [0.25, 0.3) is 10.8 Å². The number of methoxy groups -OCH3 is 1. The highest BCUT2D eigenvalue weighted by atomic mass is 16.5. The van der Waals surface area contributed by atoms with E-state index in [0.29, 0.717) is 28.8 Å². The van der Waals surface area contributed by atoms with Gasteiger partial charge in [-0.3, -0.25) is 9.59 Å². The Kier molecular flexibility index (Phi) is 6.07. The van der Waals surface area contributed by atoms with Crippen molar-refractivity contribution in [1.82, 2.24) is 15.2 Å². The summed E-state index contributed by atoms with van der Waals surface area (Å²) < 4.78 is 6.71. The second-order valence-corrected chi connectivity index (χ2v) is 6.76. The molecule has 0 unspecified atom stereocenters. The number of carbonyl (C=O) groups is 1. The maximum absolute atomic E-state index is 12.9. The van der Waals surface area contributed by atoms with Gasteiger partial charge in [0.25, 0.3) is 11.5 Å². The number of nitrogens with zero attached hydrogens (tertiary/aromatic N) is 3. The van der Waals surface area contributed by atoms with Crippen LogP contribution in [0.3, 0.4) is 0 Å². The SMILES string of the molecule is CCCn1nc(C(=O)N/N=C(/C)c2cc(C)ccc2OC)c2ccccc2c1=O. The molecule has 1 aromatic heterocycles. The number of hydrogen-bond donors (Lipinski definition) is 1. The van der Waals surface area contributed by atoms with Crippen molar-refractivity contribution in [3.05, 3.63) is 69.6 Å². The maximum Gasteiger partial charge on any atom is 0.292 e. The number of hydrogen-bond acceptors (Lipinski definition) is 5. The van der Waals surface area contributed by atoms with Gasteiger partial charge >= 0.3 is 0 Å². The number of benzene rings is 2. The second kappa shape index (κ2) is 8.68. The van der Waals surface area contributed by atoms with Crippen molar-refractivity contribution in [2.24, 2.45) is 5.10 Å². The molecular weight excluding hydrogens is 368 g/mol. The zero-order valence-electron chi connectivity index (χ0n) is 17.0. The molecule has 0 saturated heterocycles. The summed E-state index contributed by atoms with van der Waals surface area (Å²) >= 11 is 0. The minimum atomic E-state index is -0.475. The van der Waals surface area contributed by atoms with Gasteiger partial charge in [-0.1, -0.05) is 36.8 Å². The predicted molar refractivity (Wildman–Crippen MR) is 114 cm³/mol. The molecule has 150 valence electrons. The molecule has 0 aliphatic carbocycles. The molecule has 0 atom stereocenters. The summed E-state index contributed by atoms with van der Waals surface area (Å²) in [5, 5.41) is 9.49. The van der Waals surface area contributed by atoms with E-state index in [0.717, 1.165) is 17.5 Å². The number of aryl methyl sites for hydroxylation is 2. The van der Waals surface area contributed by atoms with Crippen molar-refractivity contribution in [3.63, 3.8) is 0 Å². The summed E-state index contributed by atoms with van der Waals surface area (Å²) in [6, 6.07) is 12.7. The molecule has 3 aromatic rings. The largest absolute Gasteiger partial charge is 0.496 e. The van der Waals surface area contributed by atoms with Crippen LogP contribution in [0.15, 0.2) is 52.4 Å². The van der Waals surface area contributed by atoms with E-state index in [1.165, 1.54) is 4.68 Å². The smallest absolute Gasteiger partial charge is 0.292 e. The highest BCUT2D eigenvalue weighted by Gasteiger charge is 2.16. The number of amides is 1. The van der Waals surface area contributed by atoms with E-state index in [9.17, 15) is 9.59 Å². The third-order valence-corrected chi connectivity index (χ3v) is 4.59. The highest BCUT2D eigenvalue weighted by Crippen LogP contribution is 2.20. The second-order valence-electron chi connectivity index (χ2n) is 6.76. The molecule has 0 saturated carbocycles. The molecule has 2 aromatic carbocycles. The van der Waals surface area contributed by atoms with Crippen LogP contribution in [-0.2, 0) is 6.54 Å². The molecule has 0 bridgehead atoms. The lowest BCUT2D eigenvalue weighted by Gasteiger charge is -2.11. The van der Waals surface area contributed by atoms with E-state index in [4.69, 9.17) is 4.74 Å². The van der Waals surface area contributed by atoms with E-state index in [1.807, 2.05) is 32.0 Å². The molecular formula is C22H24N4O3. The predicted octanol–water partition coefficient (Wildman–Crippen LogP) is 3.28. The standard InChI is InChI=1S/C22H24N4O3/c1-5-12-26-22(28)17-9-7-6-8-16(17)20(25-26)21(27)24-23-15(3)18-13-14(2)10-11-19(18)29-4/h6-11,13H,5,12H2,1-4H3,(H,24,27)/b23-15-. The van der Waals surface area contributed by atoms with Gasteiger partial charge in [-0.25, -0.2) is 10.1 Å². The van der Waals surface area contributed by atoms with Gasteiger partial charge in [-0.05, 0) is 38.5 Å². The number of carbonyl (C=O) groups excluding carboxylic acids is 1. The molecule has 29 heavy (non-hydrogen) atoms. The van der Waals surface area contributed by atoms with Crippen LogP contribution in [-0.4, -0.2) is 28.5 Å². The fourth-order valence-electron chi connectivity index (χ4n) is 3.12. The summed E-state index contributed by atoms with van der Waals surface area (Å²) in [6.07, 6.45) is 0.733. The first kappa shape index (κ1) is 20.3. The number of fused-ring (bicyclic) bond motifs is 1. The van der Waals surface area contributed by atoms with Crippen LogP contribution >= 0.6 is 0 Å². The van der Waals surface area contributed by atoms with Crippen molar-refractivity contribution in [2.75, 3.05) is 7.11 Å². The number of ether oxygens (including phenoxy) is 1. The molecule has 7 heteroatoms. The van der Waals surface area contributed by atoms with Gasteiger partial charge in [0.05, 0.1) is 18.2 Å². The molecule has 3 rings (SSSR count). The van der Waals surface area contributed by atoms with Gasteiger partial charge in [-0.15, -0.1) is 0 Å². The average Bonchev–Trinajstić information content (AvgIpc) is 2.74. The molecule has 0 aliphatic rings. The maximum atomic E-state index is 12.9. The van der Waals surface area contributed by atoms with Crippen LogP contribution in [0.4, 0.5) is 0 Å². The van der Waals surface area contributed by atoms with Crippen LogP contribution in [0, 0.1) is 6.92 Å². The number of rotatable bonds is 6.